The summed E-state index contributed by atoms with van der Waals surface area (Å²) in [6.07, 6.45) is 0. The Morgan fingerprint density at radius 2 is 1.74 bits per heavy atom. The molecule has 0 spiro atoms. The Bertz CT molecular complexity index is 475. The van der Waals surface area contributed by atoms with Crippen molar-refractivity contribution in [2.24, 2.45) is 0 Å². The van der Waals surface area contributed by atoms with E-state index in [9.17, 15) is 18.4 Å². The Kier molecular flexibility index (Phi) is 4.58. The molecule has 0 aliphatic carbocycles. The van der Waals surface area contributed by atoms with E-state index in [-0.39, 0.29) is 0 Å². The highest BCUT2D eigenvalue weighted by molar-refractivity contribution is 5.96. The summed E-state index contributed by atoms with van der Waals surface area (Å²) in [7, 11) is 0. The molecule has 6 heteroatoms. The van der Waals surface area contributed by atoms with Crippen LogP contribution in [0.2, 0.25) is 0 Å². The summed E-state index contributed by atoms with van der Waals surface area (Å²) in [5.41, 5.74) is -1.41. The second-order valence-corrected chi connectivity index (χ2v) is 4.87. The zero-order chi connectivity index (χ0) is 14.6. The standard InChI is InChI=1S/C13H15F2NO3/c1-13(2,3)19-10(17)7-16-12(18)11-8(14)5-4-6-9(11)15/h4-6H,7H2,1-3H3,(H,16,18). The van der Waals surface area contributed by atoms with Gasteiger partial charge in [-0.25, -0.2) is 8.78 Å². The molecule has 0 aliphatic rings. The average molecular weight is 271 g/mol. The van der Waals surface area contributed by atoms with Gasteiger partial charge in [0.05, 0.1) is 0 Å². The lowest BCUT2D eigenvalue weighted by molar-refractivity contribution is -0.153. The molecule has 104 valence electrons. The molecular formula is C13H15F2NO3. The number of hydrogen-bond donors (Lipinski definition) is 1. The maximum atomic E-state index is 13.3. The van der Waals surface area contributed by atoms with Gasteiger partial charge in [-0.2, -0.15) is 0 Å². The largest absolute Gasteiger partial charge is 0.459 e. The molecule has 4 nitrogen and oxygen atoms in total. The molecule has 1 N–H and O–H groups in total. The topological polar surface area (TPSA) is 55.4 Å². The first-order valence-corrected chi connectivity index (χ1v) is 5.65. The Labute approximate surface area is 109 Å². The first-order chi connectivity index (χ1) is 8.70. The summed E-state index contributed by atoms with van der Waals surface area (Å²) in [6.45, 7) is 4.56. The van der Waals surface area contributed by atoms with Gasteiger partial charge in [-0.05, 0) is 32.9 Å². The lowest BCUT2D eigenvalue weighted by Gasteiger charge is -2.19. The fourth-order valence-electron chi connectivity index (χ4n) is 1.33. The van der Waals surface area contributed by atoms with Crippen molar-refractivity contribution in [2.75, 3.05) is 6.54 Å². The fraction of sp³-hybridized carbons (Fsp3) is 0.385. The van der Waals surface area contributed by atoms with Crippen molar-refractivity contribution < 1.29 is 23.1 Å². The van der Waals surface area contributed by atoms with Gasteiger partial charge in [0.15, 0.2) is 0 Å². The van der Waals surface area contributed by atoms with E-state index in [1.165, 1.54) is 0 Å². The highest BCUT2D eigenvalue weighted by atomic mass is 19.1. The molecular weight excluding hydrogens is 256 g/mol. The Balaban J connectivity index is 2.64. The van der Waals surface area contributed by atoms with Crippen LogP contribution in [0.5, 0.6) is 0 Å². The minimum Gasteiger partial charge on any atom is -0.459 e. The van der Waals surface area contributed by atoms with Crippen LogP contribution >= 0.6 is 0 Å². The monoisotopic (exact) mass is 271 g/mol. The van der Waals surface area contributed by atoms with Gasteiger partial charge in [0.1, 0.15) is 29.3 Å². The highest BCUT2D eigenvalue weighted by Crippen LogP contribution is 2.11. The first kappa shape index (κ1) is 15.1. The van der Waals surface area contributed by atoms with Crippen LogP contribution in [0.3, 0.4) is 0 Å². The Morgan fingerprint density at radius 1 is 1.21 bits per heavy atom. The summed E-state index contributed by atoms with van der Waals surface area (Å²) in [4.78, 5) is 22.9. The highest BCUT2D eigenvalue weighted by Gasteiger charge is 2.20. The molecule has 1 rings (SSSR count). The van der Waals surface area contributed by atoms with E-state index in [0.717, 1.165) is 18.2 Å². The van der Waals surface area contributed by atoms with Gasteiger partial charge in [-0.3, -0.25) is 9.59 Å². The molecule has 0 atom stereocenters. The van der Waals surface area contributed by atoms with E-state index in [1.54, 1.807) is 20.8 Å². The minimum atomic E-state index is -0.999. The number of benzene rings is 1. The third kappa shape index (κ3) is 4.65. The van der Waals surface area contributed by atoms with Crippen LogP contribution in [-0.2, 0) is 9.53 Å². The molecule has 0 heterocycles. The number of nitrogens with one attached hydrogen (secondary N) is 1. The summed E-state index contributed by atoms with van der Waals surface area (Å²) in [5.74, 6) is -3.65. The molecule has 0 radical (unpaired) electrons. The number of esters is 1. The molecule has 1 aromatic carbocycles. The van der Waals surface area contributed by atoms with Gasteiger partial charge >= 0.3 is 5.97 Å². The van der Waals surface area contributed by atoms with Gasteiger partial charge in [0, 0.05) is 0 Å². The van der Waals surface area contributed by atoms with Crippen molar-refractivity contribution in [3.05, 3.63) is 35.4 Å². The summed E-state index contributed by atoms with van der Waals surface area (Å²) < 4.78 is 31.5. The van der Waals surface area contributed by atoms with Crippen LogP contribution in [0.25, 0.3) is 0 Å². The number of carbonyl (C=O) groups is 2. The predicted octanol–water partition coefficient (Wildman–Crippen LogP) is 2.04. The minimum absolute atomic E-state index is 0.454. The number of hydrogen-bond acceptors (Lipinski definition) is 3. The second-order valence-electron chi connectivity index (χ2n) is 4.87. The van der Waals surface area contributed by atoms with E-state index in [1.807, 2.05) is 0 Å². The van der Waals surface area contributed by atoms with Crippen molar-refractivity contribution in [3.63, 3.8) is 0 Å². The fourth-order valence-corrected chi connectivity index (χ4v) is 1.33. The zero-order valence-corrected chi connectivity index (χ0v) is 10.9. The Hall–Kier alpha value is -1.98. The number of amides is 1. The quantitative estimate of drug-likeness (QED) is 0.856. The van der Waals surface area contributed by atoms with E-state index in [4.69, 9.17) is 4.74 Å². The molecule has 0 saturated carbocycles. The van der Waals surface area contributed by atoms with Gasteiger partial charge in [-0.1, -0.05) is 6.07 Å². The van der Waals surface area contributed by atoms with Crippen LogP contribution in [0.15, 0.2) is 18.2 Å². The van der Waals surface area contributed by atoms with Gasteiger partial charge in [0.2, 0.25) is 0 Å². The first-order valence-electron chi connectivity index (χ1n) is 5.65. The van der Waals surface area contributed by atoms with Crippen LogP contribution in [0.1, 0.15) is 31.1 Å². The van der Waals surface area contributed by atoms with Crippen molar-refractivity contribution in [1.29, 1.82) is 0 Å². The number of carbonyl (C=O) groups excluding carboxylic acids is 2. The number of ether oxygens (including phenoxy) is 1. The normalized spacial score (nSPS) is 11.0. The number of rotatable bonds is 3. The molecule has 0 saturated heterocycles. The third-order valence-corrected chi connectivity index (χ3v) is 2.00. The van der Waals surface area contributed by atoms with Crippen molar-refractivity contribution in [2.45, 2.75) is 26.4 Å². The average Bonchev–Trinajstić information content (AvgIpc) is 2.23. The van der Waals surface area contributed by atoms with E-state index in [2.05, 4.69) is 5.32 Å². The van der Waals surface area contributed by atoms with Gasteiger partial charge in [0.25, 0.3) is 5.91 Å². The summed E-state index contributed by atoms with van der Waals surface area (Å²) in [5, 5.41) is 2.11. The van der Waals surface area contributed by atoms with Crippen LogP contribution in [-0.4, -0.2) is 24.0 Å². The lowest BCUT2D eigenvalue weighted by Crippen LogP contribution is -2.35. The van der Waals surface area contributed by atoms with Crippen molar-refractivity contribution in [3.8, 4) is 0 Å². The molecule has 0 unspecified atom stereocenters. The van der Waals surface area contributed by atoms with Crippen LogP contribution in [0, 0.1) is 11.6 Å². The van der Waals surface area contributed by atoms with E-state index < -0.39 is 41.2 Å². The molecule has 1 aromatic rings. The maximum Gasteiger partial charge on any atom is 0.325 e. The second kappa shape index (κ2) is 5.77. The molecule has 0 aromatic heterocycles. The third-order valence-electron chi connectivity index (χ3n) is 2.00. The van der Waals surface area contributed by atoms with E-state index >= 15 is 0 Å². The van der Waals surface area contributed by atoms with Crippen LogP contribution in [0.4, 0.5) is 8.78 Å². The van der Waals surface area contributed by atoms with Crippen molar-refractivity contribution >= 4 is 11.9 Å². The van der Waals surface area contributed by atoms with Gasteiger partial charge < -0.3 is 10.1 Å². The summed E-state index contributed by atoms with van der Waals surface area (Å²) in [6, 6.07) is 3.08. The van der Waals surface area contributed by atoms with Crippen LogP contribution < -0.4 is 5.32 Å². The smallest absolute Gasteiger partial charge is 0.325 e. The predicted molar refractivity (Wildman–Crippen MR) is 64.5 cm³/mol. The SMILES string of the molecule is CC(C)(C)OC(=O)CNC(=O)c1c(F)cccc1F. The molecule has 1 amide bonds. The Morgan fingerprint density at radius 3 is 2.21 bits per heavy atom. The maximum absolute atomic E-state index is 13.3. The molecule has 0 fully saturated rings. The molecule has 0 bridgehead atoms. The summed E-state index contributed by atoms with van der Waals surface area (Å²) >= 11 is 0. The van der Waals surface area contributed by atoms with Crippen molar-refractivity contribution in [1.82, 2.24) is 5.32 Å². The number of halogens is 2. The van der Waals surface area contributed by atoms with E-state index in [0.29, 0.717) is 0 Å². The van der Waals surface area contributed by atoms with Gasteiger partial charge in [-0.15, -0.1) is 0 Å². The molecule has 0 aliphatic heterocycles. The zero-order valence-electron chi connectivity index (χ0n) is 10.9. The molecule has 19 heavy (non-hydrogen) atoms. The lowest BCUT2D eigenvalue weighted by atomic mass is 10.2.